The van der Waals surface area contributed by atoms with Crippen molar-refractivity contribution in [2.24, 2.45) is 0 Å². The Morgan fingerprint density at radius 2 is 2.00 bits per heavy atom. The Labute approximate surface area is 133 Å². The molecule has 0 atom stereocenters. The first-order valence-electron chi connectivity index (χ1n) is 6.68. The van der Waals surface area contributed by atoms with Gasteiger partial charge in [-0.1, -0.05) is 41.9 Å². The molecule has 0 amide bonds. The van der Waals surface area contributed by atoms with Gasteiger partial charge in [0.2, 0.25) is 0 Å². The largest absolute Gasteiger partial charge is 0.453 e. The number of nitrogens with zero attached hydrogens (tertiary/aromatic N) is 3. The van der Waals surface area contributed by atoms with Gasteiger partial charge in [0.1, 0.15) is 11.8 Å². The Bertz CT molecular complexity index is 821. The maximum absolute atomic E-state index is 9.11. The van der Waals surface area contributed by atoms with Crippen LogP contribution in [0.15, 0.2) is 60.9 Å². The van der Waals surface area contributed by atoms with Crippen LogP contribution >= 0.6 is 11.6 Å². The SMILES string of the molecule is N#Cc1cc(Cl)ccc1Oc1cnn(Cc2ccccc2)c1. The second-order valence-electron chi connectivity index (χ2n) is 4.71. The Hall–Kier alpha value is -2.77. The minimum absolute atomic E-state index is 0.392. The minimum Gasteiger partial charge on any atom is -0.453 e. The first-order chi connectivity index (χ1) is 10.7. The normalized spacial score (nSPS) is 10.2. The maximum atomic E-state index is 9.11. The molecule has 0 saturated carbocycles. The first-order valence-corrected chi connectivity index (χ1v) is 7.06. The van der Waals surface area contributed by atoms with E-state index < -0.39 is 0 Å². The highest BCUT2D eigenvalue weighted by atomic mass is 35.5. The average Bonchev–Trinajstić information content (AvgIpc) is 2.97. The number of hydrogen-bond donors (Lipinski definition) is 0. The number of aromatic nitrogens is 2. The topological polar surface area (TPSA) is 50.8 Å². The zero-order valence-corrected chi connectivity index (χ0v) is 12.4. The minimum atomic E-state index is 0.392. The van der Waals surface area contributed by atoms with Crippen molar-refractivity contribution >= 4 is 11.6 Å². The standard InChI is InChI=1S/C17H12ClN3O/c18-15-6-7-17(14(8-15)9-19)22-16-10-20-21(12-16)11-13-4-2-1-3-5-13/h1-8,10,12H,11H2. The average molecular weight is 310 g/mol. The van der Waals surface area contributed by atoms with E-state index in [2.05, 4.69) is 11.2 Å². The van der Waals surface area contributed by atoms with Gasteiger partial charge in [-0.3, -0.25) is 4.68 Å². The van der Waals surface area contributed by atoms with Crippen LogP contribution in [0.25, 0.3) is 0 Å². The van der Waals surface area contributed by atoms with Gasteiger partial charge in [-0.05, 0) is 23.8 Å². The smallest absolute Gasteiger partial charge is 0.165 e. The van der Waals surface area contributed by atoms with Crippen molar-refractivity contribution in [3.63, 3.8) is 0 Å². The van der Waals surface area contributed by atoms with Crippen molar-refractivity contribution in [1.29, 1.82) is 5.26 Å². The summed E-state index contributed by atoms with van der Waals surface area (Å²) in [6, 6.07) is 17.0. The summed E-state index contributed by atoms with van der Waals surface area (Å²) in [4.78, 5) is 0. The van der Waals surface area contributed by atoms with Crippen molar-refractivity contribution in [3.8, 4) is 17.6 Å². The molecule has 0 unspecified atom stereocenters. The molecule has 0 aliphatic rings. The van der Waals surface area contributed by atoms with E-state index in [-0.39, 0.29) is 0 Å². The molecular weight excluding hydrogens is 298 g/mol. The number of hydrogen-bond acceptors (Lipinski definition) is 3. The Morgan fingerprint density at radius 3 is 2.77 bits per heavy atom. The molecule has 0 bridgehead atoms. The van der Waals surface area contributed by atoms with E-state index in [0.29, 0.717) is 28.6 Å². The lowest BCUT2D eigenvalue weighted by Gasteiger charge is -2.05. The molecule has 0 spiro atoms. The second-order valence-corrected chi connectivity index (χ2v) is 5.15. The third kappa shape index (κ3) is 3.27. The maximum Gasteiger partial charge on any atom is 0.165 e. The lowest BCUT2D eigenvalue weighted by Crippen LogP contribution is -1.99. The Morgan fingerprint density at radius 1 is 1.18 bits per heavy atom. The zero-order chi connectivity index (χ0) is 15.4. The van der Waals surface area contributed by atoms with Gasteiger partial charge in [0.05, 0.1) is 24.5 Å². The van der Waals surface area contributed by atoms with Crippen LogP contribution in [0.3, 0.4) is 0 Å². The van der Waals surface area contributed by atoms with Gasteiger partial charge in [0.25, 0.3) is 0 Å². The molecule has 4 nitrogen and oxygen atoms in total. The van der Waals surface area contributed by atoms with Crippen molar-refractivity contribution in [2.45, 2.75) is 6.54 Å². The van der Waals surface area contributed by atoms with Crippen LogP contribution in [0, 0.1) is 11.3 Å². The number of halogens is 1. The number of ether oxygens (including phenoxy) is 1. The van der Waals surface area contributed by atoms with Crippen molar-refractivity contribution in [2.75, 3.05) is 0 Å². The summed E-state index contributed by atoms with van der Waals surface area (Å²) in [6.07, 6.45) is 3.42. The van der Waals surface area contributed by atoms with Crippen LogP contribution in [-0.2, 0) is 6.54 Å². The lowest BCUT2D eigenvalue weighted by molar-refractivity contribution is 0.480. The second kappa shape index (κ2) is 6.33. The van der Waals surface area contributed by atoms with E-state index in [1.54, 1.807) is 35.3 Å². The summed E-state index contributed by atoms with van der Waals surface area (Å²) in [7, 11) is 0. The van der Waals surface area contributed by atoms with Crippen LogP contribution in [0.2, 0.25) is 5.02 Å². The molecule has 0 N–H and O–H groups in total. The van der Waals surface area contributed by atoms with Gasteiger partial charge in [-0.25, -0.2) is 0 Å². The van der Waals surface area contributed by atoms with Gasteiger partial charge < -0.3 is 4.74 Å². The number of nitriles is 1. The van der Waals surface area contributed by atoms with Gasteiger partial charge in [-0.15, -0.1) is 0 Å². The molecule has 1 heterocycles. The van der Waals surface area contributed by atoms with Crippen LogP contribution in [0.5, 0.6) is 11.5 Å². The molecule has 0 aliphatic heterocycles. The third-order valence-corrected chi connectivity index (χ3v) is 3.32. The Balaban J connectivity index is 1.76. The highest BCUT2D eigenvalue weighted by Gasteiger charge is 2.07. The molecule has 0 fully saturated rings. The van der Waals surface area contributed by atoms with Crippen molar-refractivity contribution < 1.29 is 4.74 Å². The molecule has 3 rings (SSSR count). The van der Waals surface area contributed by atoms with Gasteiger partial charge in [0, 0.05) is 5.02 Å². The van der Waals surface area contributed by atoms with Crippen molar-refractivity contribution in [1.82, 2.24) is 9.78 Å². The van der Waals surface area contributed by atoms with E-state index in [1.807, 2.05) is 30.3 Å². The lowest BCUT2D eigenvalue weighted by atomic mass is 10.2. The van der Waals surface area contributed by atoms with Crippen LogP contribution < -0.4 is 4.74 Å². The molecule has 0 aliphatic carbocycles. The molecular formula is C17H12ClN3O. The molecule has 5 heteroatoms. The van der Waals surface area contributed by atoms with Gasteiger partial charge >= 0.3 is 0 Å². The van der Waals surface area contributed by atoms with E-state index in [4.69, 9.17) is 21.6 Å². The van der Waals surface area contributed by atoms with E-state index in [9.17, 15) is 0 Å². The zero-order valence-electron chi connectivity index (χ0n) is 11.6. The summed E-state index contributed by atoms with van der Waals surface area (Å²) in [5, 5.41) is 13.9. The van der Waals surface area contributed by atoms with E-state index in [1.165, 1.54) is 0 Å². The molecule has 3 aromatic rings. The first kappa shape index (κ1) is 14.2. The van der Waals surface area contributed by atoms with Crippen molar-refractivity contribution in [3.05, 3.63) is 77.1 Å². The number of benzene rings is 2. The van der Waals surface area contributed by atoms with Crippen LogP contribution in [0.1, 0.15) is 11.1 Å². The molecule has 0 saturated heterocycles. The van der Waals surface area contributed by atoms with E-state index in [0.717, 1.165) is 5.56 Å². The predicted molar refractivity (Wildman–Crippen MR) is 84.0 cm³/mol. The highest BCUT2D eigenvalue weighted by Crippen LogP contribution is 2.27. The molecule has 0 radical (unpaired) electrons. The van der Waals surface area contributed by atoms with E-state index >= 15 is 0 Å². The third-order valence-electron chi connectivity index (χ3n) is 3.09. The summed E-state index contributed by atoms with van der Waals surface area (Å²) in [5.74, 6) is 1.04. The monoisotopic (exact) mass is 309 g/mol. The Kier molecular flexibility index (Phi) is 4.08. The van der Waals surface area contributed by atoms with Gasteiger partial charge in [0.15, 0.2) is 5.75 Å². The number of rotatable bonds is 4. The van der Waals surface area contributed by atoms with Gasteiger partial charge in [-0.2, -0.15) is 10.4 Å². The van der Waals surface area contributed by atoms with Crippen LogP contribution in [-0.4, -0.2) is 9.78 Å². The molecule has 22 heavy (non-hydrogen) atoms. The fourth-order valence-corrected chi connectivity index (χ4v) is 2.23. The molecule has 1 aromatic heterocycles. The highest BCUT2D eigenvalue weighted by molar-refractivity contribution is 6.30. The summed E-state index contributed by atoms with van der Waals surface area (Å²) in [5.41, 5.74) is 1.55. The molecule has 108 valence electrons. The molecule has 2 aromatic carbocycles. The van der Waals surface area contributed by atoms with Crippen LogP contribution in [0.4, 0.5) is 0 Å². The summed E-state index contributed by atoms with van der Waals surface area (Å²) >= 11 is 5.87. The fourth-order valence-electron chi connectivity index (χ4n) is 2.06. The predicted octanol–water partition coefficient (Wildman–Crippen LogP) is 4.25. The fraction of sp³-hybridized carbons (Fsp3) is 0.0588. The summed E-state index contributed by atoms with van der Waals surface area (Å²) < 4.78 is 7.49. The quantitative estimate of drug-likeness (QED) is 0.724. The summed E-state index contributed by atoms with van der Waals surface area (Å²) in [6.45, 7) is 0.663.